The van der Waals surface area contributed by atoms with E-state index in [0.29, 0.717) is 0 Å². The Hall–Kier alpha value is -0.570. The molecular weight excluding hydrogens is 206 g/mol. The van der Waals surface area contributed by atoms with Crippen molar-refractivity contribution >= 4 is 5.78 Å². The van der Waals surface area contributed by atoms with Crippen LogP contribution in [0.25, 0.3) is 0 Å². The van der Waals surface area contributed by atoms with Gasteiger partial charge in [0.2, 0.25) is 0 Å². The molecule has 1 aliphatic heterocycles. The molecule has 0 saturated carbocycles. The summed E-state index contributed by atoms with van der Waals surface area (Å²) in [6.07, 6.45) is -6.13. The summed E-state index contributed by atoms with van der Waals surface area (Å²) in [7, 11) is 0. The Labute approximate surface area is 86.1 Å². The molecule has 15 heavy (non-hydrogen) atoms. The third kappa shape index (κ3) is 1.78. The van der Waals surface area contributed by atoms with Gasteiger partial charge in [-0.05, 0) is 6.92 Å². The largest absolute Gasteiger partial charge is 0.394 e. The van der Waals surface area contributed by atoms with E-state index in [1.54, 1.807) is 0 Å². The van der Waals surface area contributed by atoms with Crippen LogP contribution in [0, 0.1) is 0 Å². The Morgan fingerprint density at radius 3 is 2.40 bits per heavy atom. The van der Waals surface area contributed by atoms with E-state index in [9.17, 15) is 20.1 Å². The summed E-state index contributed by atoms with van der Waals surface area (Å²) in [5.74, 6) is -0.710. The molecule has 7 heteroatoms. The van der Waals surface area contributed by atoms with E-state index in [4.69, 9.17) is 15.6 Å². The molecular formula is C8H15NO6. The summed E-state index contributed by atoms with van der Waals surface area (Å²) in [6, 6.07) is 0. The van der Waals surface area contributed by atoms with E-state index >= 15 is 0 Å². The van der Waals surface area contributed by atoms with Gasteiger partial charge in [0.15, 0.2) is 17.6 Å². The molecule has 0 amide bonds. The van der Waals surface area contributed by atoms with Gasteiger partial charge in [-0.2, -0.15) is 0 Å². The first-order valence-corrected chi connectivity index (χ1v) is 4.46. The highest BCUT2D eigenvalue weighted by Crippen LogP contribution is 2.27. The number of nitrogens with two attached hydrogens (primary N) is 1. The van der Waals surface area contributed by atoms with Crippen LogP contribution >= 0.6 is 0 Å². The smallest absolute Gasteiger partial charge is 0.183 e. The highest BCUT2D eigenvalue weighted by atomic mass is 16.6. The number of aliphatic hydroxyl groups excluding tert-OH is 4. The lowest BCUT2D eigenvalue weighted by atomic mass is 9.81. The lowest BCUT2D eigenvalue weighted by molar-refractivity contribution is -0.270. The zero-order chi connectivity index (χ0) is 11.8. The standard InChI is InChI=1S/C8H15NO6/c1-3(11)8(9)6(13)5(12)4(2-10)15-7(8)14/h4-7,10,12-14H,2,9H2,1H3/t4-,5-,6+,7?,8+/m1/s1. The molecule has 0 aromatic rings. The number of rotatable bonds is 2. The van der Waals surface area contributed by atoms with E-state index < -0.39 is 42.5 Å². The molecule has 0 aliphatic carbocycles. The lowest BCUT2D eigenvalue weighted by Crippen LogP contribution is -2.73. The lowest BCUT2D eigenvalue weighted by Gasteiger charge is -2.45. The Kier molecular flexibility index (Phi) is 3.44. The minimum atomic E-state index is -2.06. The van der Waals surface area contributed by atoms with Gasteiger partial charge in [0, 0.05) is 0 Å². The van der Waals surface area contributed by atoms with Crippen molar-refractivity contribution in [3.8, 4) is 0 Å². The SMILES string of the molecule is CC(=O)[C@@]1(N)C(O)O[C@H](CO)[C@@H](O)[C@@H]1O. The second kappa shape index (κ2) is 4.12. The van der Waals surface area contributed by atoms with Crippen LogP contribution < -0.4 is 5.73 Å². The molecule has 0 radical (unpaired) electrons. The molecule has 1 heterocycles. The summed E-state index contributed by atoms with van der Waals surface area (Å²) in [5.41, 5.74) is 3.42. The maximum Gasteiger partial charge on any atom is 0.183 e. The van der Waals surface area contributed by atoms with Crippen LogP contribution in [0.3, 0.4) is 0 Å². The molecule has 5 atom stereocenters. The average Bonchev–Trinajstić information content (AvgIpc) is 2.20. The quantitative estimate of drug-likeness (QED) is 0.330. The molecule has 1 saturated heterocycles. The highest BCUT2D eigenvalue weighted by molar-refractivity contribution is 5.87. The Morgan fingerprint density at radius 1 is 1.47 bits per heavy atom. The number of Topliss-reactive ketones (excluding diaryl/α,β-unsaturated/α-hetero) is 1. The molecule has 0 aromatic heterocycles. The monoisotopic (exact) mass is 221 g/mol. The van der Waals surface area contributed by atoms with Crippen molar-refractivity contribution in [2.24, 2.45) is 5.73 Å². The van der Waals surface area contributed by atoms with Crippen LogP contribution in [0.5, 0.6) is 0 Å². The van der Waals surface area contributed by atoms with Crippen LogP contribution in [0.2, 0.25) is 0 Å². The van der Waals surface area contributed by atoms with Crippen molar-refractivity contribution in [2.45, 2.75) is 37.1 Å². The molecule has 0 aromatic carbocycles. The van der Waals surface area contributed by atoms with Gasteiger partial charge in [0.1, 0.15) is 18.3 Å². The topological polar surface area (TPSA) is 133 Å². The Balaban J connectivity index is 2.98. The van der Waals surface area contributed by atoms with Crippen LogP contribution in [0.4, 0.5) is 0 Å². The first kappa shape index (κ1) is 12.5. The summed E-state index contributed by atoms with van der Waals surface area (Å²) in [5, 5.41) is 37.3. The van der Waals surface area contributed by atoms with Gasteiger partial charge in [-0.1, -0.05) is 0 Å². The first-order chi connectivity index (χ1) is 6.85. The van der Waals surface area contributed by atoms with Crippen molar-refractivity contribution in [1.82, 2.24) is 0 Å². The molecule has 1 unspecified atom stereocenters. The van der Waals surface area contributed by atoms with Gasteiger partial charge in [-0.3, -0.25) is 4.79 Å². The molecule has 1 aliphatic rings. The van der Waals surface area contributed by atoms with E-state index in [0.717, 1.165) is 6.92 Å². The van der Waals surface area contributed by atoms with E-state index in [1.165, 1.54) is 0 Å². The predicted molar refractivity (Wildman–Crippen MR) is 47.6 cm³/mol. The predicted octanol–water partition coefficient (Wildman–Crippen LogP) is -3.30. The summed E-state index contributed by atoms with van der Waals surface area (Å²) < 4.78 is 4.74. The third-order valence-corrected chi connectivity index (χ3v) is 2.70. The zero-order valence-electron chi connectivity index (χ0n) is 8.20. The second-order valence-electron chi connectivity index (χ2n) is 3.63. The van der Waals surface area contributed by atoms with Gasteiger partial charge >= 0.3 is 0 Å². The number of hydrogen-bond donors (Lipinski definition) is 5. The summed E-state index contributed by atoms with van der Waals surface area (Å²) in [4.78, 5) is 11.2. The van der Waals surface area contributed by atoms with Crippen LogP contribution in [-0.2, 0) is 9.53 Å². The number of carbonyl (C=O) groups excluding carboxylic acids is 1. The fourth-order valence-corrected chi connectivity index (χ4v) is 1.52. The minimum absolute atomic E-state index is 0.594. The second-order valence-corrected chi connectivity index (χ2v) is 3.63. The fourth-order valence-electron chi connectivity index (χ4n) is 1.52. The molecule has 1 fully saturated rings. The van der Waals surface area contributed by atoms with Crippen LogP contribution in [0.15, 0.2) is 0 Å². The van der Waals surface area contributed by atoms with Crippen LogP contribution in [0.1, 0.15) is 6.92 Å². The average molecular weight is 221 g/mol. The zero-order valence-corrected chi connectivity index (χ0v) is 8.20. The first-order valence-electron chi connectivity index (χ1n) is 4.46. The molecule has 0 spiro atoms. The van der Waals surface area contributed by atoms with Gasteiger partial charge < -0.3 is 30.9 Å². The summed E-state index contributed by atoms with van der Waals surface area (Å²) >= 11 is 0. The van der Waals surface area contributed by atoms with Gasteiger partial charge in [0.25, 0.3) is 0 Å². The number of hydrogen-bond acceptors (Lipinski definition) is 7. The van der Waals surface area contributed by atoms with Crippen molar-refractivity contribution < 1.29 is 30.0 Å². The summed E-state index contributed by atoms with van der Waals surface area (Å²) in [6.45, 7) is 0.477. The Morgan fingerprint density at radius 2 is 2.00 bits per heavy atom. The van der Waals surface area contributed by atoms with E-state index in [1.807, 2.05) is 0 Å². The third-order valence-electron chi connectivity index (χ3n) is 2.70. The fraction of sp³-hybridized carbons (Fsp3) is 0.875. The molecule has 1 rings (SSSR count). The minimum Gasteiger partial charge on any atom is -0.394 e. The molecule has 0 bridgehead atoms. The van der Waals surface area contributed by atoms with Gasteiger partial charge in [-0.15, -0.1) is 0 Å². The highest BCUT2D eigenvalue weighted by Gasteiger charge is 2.55. The number of ether oxygens (including phenoxy) is 1. The molecule has 6 N–H and O–H groups in total. The maximum absolute atomic E-state index is 11.2. The molecule has 7 nitrogen and oxygen atoms in total. The van der Waals surface area contributed by atoms with Crippen molar-refractivity contribution in [2.75, 3.05) is 6.61 Å². The van der Waals surface area contributed by atoms with Crippen molar-refractivity contribution in [1.29, 1.82) is 0 Å². The molecule has 88 valence electrons. The number of ketones is 1. The van der Waals surface area contributed by atoms with Gasteiger partial charge in [0.05, 0.1) is 6.61 Å². The number of carbonyl (C=O) groups is 1. The van der Waals surface area contributed by atoms with Crippen LogP contribution in [-0.4, -0.2) is 63.0 Å². The van der Waals surface area contributed by atoms with Crippen molar-refractivity contribution in [3.05, 3.63) is 0 Å². The van der Waals surface area contributed by atoms with E-state index in [-0.39, 0.29) is 0 Å². The van der Waals surface area contributed by atoms with Gasteiger partial charge in [-0.25, -0.2) is 0 Å². The normalized spacial score (nSPS) is 46.5. The number of aliphatic hydroxyl groups is 4. The maximum atomic E-state index is 11.2. The Bertz CT molecular complexity index is 260. The van der Waals surface area contributed by atoms with E-state index in [2.05, 4.69) is 0 Å². The van der Waals surface area contributed by atoms with Crippen molar-refractivity contribution in [3.63, 3.8) is 0 Å².